The first-order valence-electron chi connectivity index (χ1n) is 5.56. The molecule has 5 heteroatoms. The van der Waals surface area contributed by atoms with Gasteiger partial charge in [-0.05, 0) is 6.54 Å². The fourth-order valence-electron chi connectivity index (χ4n) is 1.81. The van der Waals surface area contributed by atoms with E-state index in [-0.39, 0.29) is 0 Å². The quantitative estimate of drug-likeness (QED) is 0.684. The third-order valence-electron chi connectivity index (χ3n) is 2.72. The SMILES string of the molecule is CCNCC(COC)N1CCS(=O)CC1. The summed E-state index contributed by atoms with van der Waals surface area (Å²) < 4.78 is 16.5. The fraction of sp³-hybridized carbons (Fsp3) is 1.00. The number of ether oxygens (including phenoxy) is 1. The van der Waals surface area contributed by atoms with Gasteiger partial charge in [0.25, 0.3) is 0 Å². The van der Waals surface area contributed by atoms with E-state index in [4.69, 9.17) is 4.74 Å². The first-order chi connectivity index (χ1) is 7.27. The van der Waals surface area contributed by atoms with Crippen LogP contribution in [-0.4, -0.2) is 66.6 Å². The zero-order chi connectivity index (χ0) is 11.1. The van der Waals surface area contributed by atoms with E-state index in [0.717, 1.165) is 44.3 Å². The maximum absolute atomic E-state index is 11.2. The summed E-state index contributed by atoms with van der Waals surface area (Å²) in [6.45, 7) is 6.67. The van der Waals surface area contributed by atoms with E-state index < -0.39 is 10.8 Å². The molecule has 0 aliphatic carbocycles. The van der Waals surface area contributed by atoms with Crippen LogP contribution in [0.15, 0.2) is 0 Å². The Balaban J connectivity index is 2.36. The van der Waals surface area contributed by atoms with Crippen LogP contribution in [0.1, 0.15) is 6.92 Å². The molecule has 0 aromatic rings. The van der Waals surface area contributed by atoms with E-state index in [1.165, 1.54) is 0 Å². The maximum Gasteiger partial charge on any atom is 0.0630 e. The Bertz CT molecular complexity index is 192. The highest BCUT2D eigenvalue weighted by Gasteiger charge is 2.22. The van der Waals surface area contributed by atoms with E-state index in [9.17, 15) is 4.21 Å². The highest BCUT2D eigenvalue weighted by atomic mass is 32.2. The van der Waals surface area contributed by atoms with Gasteiger partial charge >= 0.3 is 0 Å². The second-order valence-corrected chi connectivity index (χ2v) is 5.50. The van der Waals surface area contributed by atoms with Crippen LogP contribution >= 0.6 is 0 Å². The number of hydrogen-bond acceptors (Lipinski definition) is 4. The van der Waals surface area contributed by atoms with Gasteiger partial charge in [-0.15, -0.1) is 0 Å². The molecule has 1 unspecified atom stereocenters. The van der Waals surface area contributed by atoms with Gasteiger partial charge in [-0.2, -0.15) is 0 Å². The highest BCUT2D eigenvalue weighted by Crippen LogP contribution is 2.05. The van der Waals surface area contributed by atoms with Crippen molar-refractivity contribution >= 4 is 10.8 Å². The topological polar surface area (TPSA) is 41.6 Å². The zero-order valence-electron chi connectivity index (χ0n) is 9.70. The van der Waals surface area contributed by atoms with Crippen LogP contribution in [0, 0.1) is 0 Å². The van der Waals surface area contributed by atoms with Crippen molar-refractivity contribution in [3.8, 4) is 0 Å². The summed E-state index contributed by atoms with van der Waals surface area (Å²) in [5.74, 6) is 1.62. The standard InChI is InChI=1S/C10H22N2O2S/c1-3-11-8-10(9-14-2)12-4-6-15(13)7-5-12/h10-11H,3-9H2,1-2H3. The maximum atomic E-state index is 11.2. The Hall–Kier alpha value is 0.0300. The second kappa shape index (κ2) is 7.33. The van der Waals surface area contributed by atoms with Gasteiger partial charge in [0.2, 0.25) is 0 Å². The third-order valence-corrected chi connectivity index (χ3v) is 3.99. The number of rotatable bonds is 6. The minimum absolute atomic E-state index is 0.423. The van der Waals surface area contributed by atoms with Gasteiger partial charge in [-0.25, -0.2) is 0 Å². The molecule has 1 fully saturated rings. The number of nitrogens with one attached hydrogen (secondary N) is 1. The average Bonchev–Trinajstić information content (AvgIpc) is 2.25. The van der Waals surface area contributed by atoms with Gasteiger partial charge in [0.1, 0.15) is 0 Å². The lowest BCUT2D eigenvalue weighted by Crippen LogP contribution is -2.50. The Labute approximate surface area is 94.8 Å². The van der Waals surface area contributed by atoms with E-state index in [1.54, 1.807) is 7.11 Å². The summed E-state index contributed by atoms with van der Waals surface area (Å²) in [7, 11) is 1.15. The molecule has 0 radical (unpaired) electrons. The molecular formula is C10H22N2O2S. The molecule has 0 aromatic carbocycles. The van der Waals surface area contributed by atoms with Gasteiger partial charge in [0, 0.05) is 55.1 Å². The number of hydrogen-bond donors (Lipinski definition) is 1. The van der Waals surface area contributed by atoms with Crippen LogP contribution in [0.2, 0.25) is 0 Å². The molecule has 4 nitrogen and oxygen atoms in total. The Morgan fingerprint density at radius 1 is 1.47 bits per heavy atom. The largest absolute Gasteiger partial charge is 0.383 e. The minimum atomic E-state index is -0.590. The smallest absolute Gasteiger partial charge is 0.0630 e. The molecule has 90 valence electrons. The molecule has 1 aliphatic heterocycles. The predicted molar refractivity (Wildman–Crippen MR) is 63.7 cm³/mol. The first kappa shape index (κ1) is 13.1. The summed E-state index contributed by atoms with van der Waals surface area (Å²) in [4.78, 5) is 2.38. The molecule has 1 saturated heterocycles. The van der Waals surface area contributed by atoms with Crippen molar-refractivity contribution in [2.45, 2.75) is 13.0 Å². The van der Waals surface area contributed by atoms with Crippen molar-refractivity contribution in [3.05, 3.63) is 0 Å². The normalized spacial score (nSPS) is 21.7. The zero-order valence-corrected chi connectivity index (χ0v) is 10.5. The molecule has 0 saturated carbocycles. The summed E-state index contributed by atoms with van der Waals surface area (Å²) in [6, 6.07) is 0.423. The number of nitrogens with zero attached hydrogens (tertiary/aromatic N) is 1. The average molecular weight is 234 g/mol. The van der Waals surface area contributed by atoms with Crippen molar-refractivity contribution in [1.29, 1.82) is 0 Å². The van der Waals surface area contributed by atoms with Crippen molar-refractivity contribution in [3.63, 3.8) is 0 Å². The molecule has 0 spiro atoms. The second-order valence-electron chi connectivity index (χ2n) is 3.80. The van der Waals surface area contributed by atoms with E-state index in [0.29, 0.717) is 6.04 Å². The van der Waals surface area contributed by atoms with Crippen LogP contribution in [0.5, 0.6) is 0 Å². The van der Waals surface area contributed by atoms with E-state index in [2.05, 4.69) is 17.1 Å². The lowest BCUT2D eigenvalue weighted by atomic mass is 10.2. The monoisotopic (exact) mass is 234 g/mol. The summed E-state index contributed by atoms with van der Waals surface area (Å²) in [5, 5.41) is 3.34. The van der Waals surface area contributed by atoms with Crippen LogP contribution in [0.25, 0.3) is 0 Å². The minimum Gasteiger partial charge on any atom is -0.383 e. The van der Waals surface area contributed by atoms with E-state index >= 15 is 0 Å². The number of likely N-dealkylation sites (N-methyl/N-ethyl adjacent to an activating group) is 1. The third kappa shape index (κ3) is 4.59. The molecule has 0 aromatic heterocycles. The Morgan fingerprint density at radius 2 is 2.13 bits per heavy atom. The lowest BCUT2D eigenvalue weighted by Gasteiger charge is -2.33. The molecule has 0 amide bonds. The molecule has 1 aliphatic rings. The predicted octanol–water partition coefficient (Wildman–Crippen LogP) is -0.325. The van der Waals surface area contributed by atoms with Gasteiger partial charge < -0.3 is 10.1 Å². The van der Waals surface area contributed by atoms with Crippen LogP contribution in [0.3, 0.4) is 0 Å². The lowest BCUT2D eigenvalue weighted by molar-refractivity contribution is 0.0954. The van der Waals surface area contributed by atoms with Gasteiger partial charge in [-0.3, -0.25) is 9.11 Å². The first-order valence-corrected chi connectivity index (χ1v) is 7.05. The molecular weight excluding hydrogens is 212 g/mol. The highest BCUT2D eigenvalue weighted by molar-refractivity contribution is 7.85. The van der Waals surface area contributed by atoms with Crippen molar-refractivity contribution in [2.24, 2.45) is 0 Å². The van der Waals surface area contributed by atoms with Crippen LogP contribution in [0.4, 0.5) is 0 Å². The Morgan fingerprint density at radius 3 is 2.67 bits per heavy atom. The number of methoxy groups -OCH3 is 1. The molecule has 0 bridgehead atoms. The Kier molecular flexibility index (Phi) is 6.40. The van der Waals surface area contributed by atoms with Crippen molar-refractivity contribution < 1.29 is 8.95 Å². The molecule has 1 atom stereocenters. The van der Waals surface area contributed by atoms with Crippen molar-refractivity contribution in [2.75, 3.05) is 51.4 Å². The van der Waals surface area contributed by atoms with Gasteiger partial charge in [-0.1, -0.05) is 6.92 Å². The molecule has 1 heterocycles. The van der Waals surface area contributed by atoms with Crippen LogP contribution in [-0.2, 0) is 15.5 Å². The van der Waals surface area contributed by atoms with Gasteiger partial charge in [0.15, 0.2) is 0 Å². The molecule has 15 heavy (non-hydrogen) atoms. The molecule has 1 N–H and O–H groups in total. The van der Waals surface area contributed by atoms with Crippen LogP contribution < -0.4 is 5.32 Å². The van der Waals surface area contributed by atoms with E-state index in [1.807, 2.05) is 0 Å². The van der Waals surface area contributed by atoms with Crippen molar-refractivity contribution in [1.82, 2.24) is 10.2 Å². The fourth-order valence-corrected chi connectivity index (χ4v) is 2.89. The summed E-state index contributed by atoms with van der Waals surface area (Å²) >= 11 is 0. The molecule has 1 rings (SSSR count). The summed E-state index contributed by atoms with van der Waals surface area (Å²) in [6.07, 6.45) is 0. The summed E-state index contributed by atoms with van der Waals surface area (Å²) in [5.41, 5.74) is 0. The van der Waals surface area contributed by atoms with Gasteiger partial charge in [0.05, 0.1) is 6.61 Å².